The summed E-state index contributed by atoms with van der Waals surface area (Å²) >= 11 is 0. The zero-order valence-corrected chi connectivity index (χ0v) is 12.6. The fraction of sp³-hybridized carbons (Fsp3) is 0.0588. The molecule has 1 aromatic heterocycles. The van der Waals surface area contributed by atoms with Crippen molar-refractivity contribution in [2.24, 2.45) is 0 Å². The summed E-state index contributed by atoms with van der Waals surface area (Å²) < 4.78 is 0. The molecule has 2 amide bonds. The van der Waals surface area contributed by atoms with E-state index in [-0.39, 0.29) is 12.2 Å². The van der Waals surface area contributed by atoms with Gasteiger partial charge in [-0.25, -0.2) is 4.79 Å². The van der Waals surface area contributed by atoms with Crippen LogP contribution in [0.1, 0.15) is 5.69 Å². The Balaban J connectivity index is 1.59. The highest BCUT2D eigenvalue weighted by molar-refractivity contribution is 5.89. The van der Waals surface area contributed by atoms with Crippen molar-refractivity contribution in [2.75, 3.05) is 5.32 Å². The molecule has 0 aliphatic heterocycles. The van der Waals surface area contributed by atoms with Gasteiger partial charge in [0, 0.05) is 23.2 Å². The van der Waals surface area contributed by atoms with Crippen LogP contribution in [0.5, 0.6) is 0 Å². The number of nitro benzene ring substituents is 1. The second-order valence-corrected chi connectivity index (χ2v) is 5.11. The van der Waals surface area contributed by atoms with E-state index in [1.807, 2.05) is 36.4 Å². The van der Waals surface area contributed by atoms with Crippen molar-refractivity contribution in [1.29, 1.82) is 0 Å². The Kier molecular flexibility index (Phi) is 4.33. The molecule has 0 unspecified atom stereocenters. The molecular formula is C17H14N4O3. The van der Waals surface area contributed by atoms with Gasteiger partial charge in [0.05, 0.1) is 22.7 Å². The molecular weight excluding hydrogens is 308 g/mol. The van der Waals surface area contributed by atoms with Gasteiger partial charge in [0.1, 0.15) is 0 Å². The number of anilines is 1. The van der Waals surface area contributed by atoms with Gasteiger partial charge in [0.25, 0.3) is 5.69 Å². The third kappa shape index (κ3) is 3.64. The Labute approximate surface area is 137 Å². The number of non-ortho nitro benzene ring substituents is 1. The first-order valence-electron chi connectivity index (χ1n) is 7.26. The van der Waals surface area contributed by atoms with Crippen LogP contribution in [0.15, 0.2) is 60.7 Å². The first-order valence-corrected chi connectivity index (χ1v) is 7.26. The van der Waals surface area contributed by atoms with Crippen molar-refractivity contribution in [3.05, 3.63) is 76.5 Å². The predicted octanol–water partition coefficient (Wildman–Crippen LogP) is 3.46. The molecule has 0 saturated carbocycles. The maximum atomic E-state index is 11.9. The number of aromatic nitrogens is 1. The van der Waals surface area contributed by atoms with Crippen LogP contribution in [0, 0.1) is 10.1 Å². The highest BCUT2D eigenvalue weighted by Gasteiger charge is 2.06. The van der Waals surface area contributed by atoms with E-state index in [1.54, 1.807) is 0 Å². The van der Waals surface area contributed by atoms with Crippen LogP contribution in [0.4, 0.5) is 16.2 Å². The van der Waals surface area contributed by atoms with Crippen molar-refractivity contribution in [3.63, 3.8) is 0 Å². The first-order chi connectivity index (χ1) is 11.6. The van der Waals surface area contributed by atoms with Crippen molar-refractivity contribution in [1.82, 2.24) is 10.3 Å². The Morgan fingerprint density at radius 1 is 1.04 bits per heavy atom. The molecule has 0 fully saturated rings. The maximum Gasteiger partial charge on any atom is 0.319 e. The highest BCUT2D eigenvalue weighted by Crippen LogP contribution is 2.15. The van der Waals surface area contributed by atoms with E-state index < -0.39 is 11.0 Å². The molecule has 0 aliphatic carbocycles. The van der Waals surface area contributed by atoms with Crippen molar-refractivity contribution in [3.8, 4) is 0 Å². The average Bonchev–Trinajstić information content (AvgIpc) is 2.60. The Morgan fingerprint density at radius 3 is 2.54 bits per heavy atom. The van der Waals surface area contributed by atoms with Gasteiger partial charge in [0.2, 0.25) is 0 Å². The van der Waals surface area contributed by atoms with Gasteiger partial charge in [-0.15, -0.1) is 0 Å². The third-order valence-corrected chi connectivity index (χ3v) is 3.42. The van der Waals surface area contributed by atoms with E-state index in [4.69, 9.17) is 0 Å². The molecule has 0 bridgehead atoms. The standard InChI is InChI=1S/C17H14N4O3/c22-17(20-13-7-9-15(10-8-13)21(23)24)18-11-14-6-5-12-3-1-2-4-16(12)19-14/h1-10H,11H2,(H2,18,20,22). The van der Waals surface area contributed by atoms with Gasteiger partial charge in [0.15, 0.2) is 0 Å². The predicted molar refractivity (Wildman–Crippen MR) is 90.7 cm³/mol. The van der Waals surface area contributed by atoms with Crippen LogP contribution in [-0.2, 0) is 6.54 Å². The SMILES string of the molecule is O=C(NCc1ccc2ccccc2n1)Nc1ccc([N+](=O)[O-])cc1. The number of urea groups is 1. The number of nitrogens with zero attached hydrogens (tertiary/aromatic N) is 2. The number of carbonyl (C=O) groups is 1. The van der Waals surface area contributed by atoms with Crippen molar-refractivity contribution < 1.29 is 9.72 Å². The molecule has 7 nitrogen and oxygen atoms in total. The molecule has 0 atom stereocenters. The number of amides is 2. The van der Waals surface area contributed by atoms with E-state index in [0.717, 1.165) is 16.6 Å². The van der Waals surface area contributed by atoms with E-state index >= 15 is 0 Å². The molecule has 24 heavy (non-hydrogen) atoms. The van der Waals surface area contributed by atoms with Crippen LogP contribution >= 0.6 is 0 Å². The van der Waals surface area contributed by atoms with Gasteiger partial charge >= 0.3 is 6.03 Å². The molecule has 0 radical (unpaired) electrons. The summed E-state index contributed by atoms with van der Waals surface area (Å²) in [6, 6.07) is 16.8. The maximum absolute atomic E-state index is 11.9. The molecule has 7 heteroatoms. The number of hydrogen-bond acceptors (Lipinski definition) is 4. The van der Waals surface area contributed by atoms with Gasteiger partial charge in [-0.2, -0.15) is 0 Å². The normalized spacial score (nSPS) is 10.3. The molecule has 0 spiro atoms. The number of hydrogen-bond donors (Lipinski definition) is 2. The number of nitrogens with one attached hydrogen (secondary N) is 2. The van der Waals surface area contributed by atoms with Crippen LogP contribution in [0.25, 0.3) is 10.9 Å². The lowest BCUT2D eigenvalue weighted by molar-refractivity contribution is -0.384. The number of rotatable bonds is 4. The zero-order chi connectivity index (χ0) is 16.9. The Morgan fingerprint density at radius 2 is 1.79 bits per heavy atom. The third-order valence-electron chi connectivity index (χ3n) is 3.42. The Hall–Kier alpha value is -3.48. The van der Waals surface area contributed by atoms with E-state index in [2.05, 4.69) is 15.6 Å². The minimum absolute atomic E-state index is 0.0266. The van der Waals surface area contributed by atoms with E-state index in [9.17, 15) is 14.9 Å². The number of carbonyl (C=O) groups excluding carboxylic acids is 1. The number of fused-ring (bicyclic) bond motifs is 1. The quantitative estimate of drug-likeness (QED) is 0.567. The van der Waals surface area contributed by atoms with Crippen LogP contribution in [-0.4, -0.2) is 15.9 Å². The number of benzene rings is 2. The van der Waals surface area contributed by atoms with Gasteiger partial charge in [-0.1, -0.05) is 24.3 Å². The minimum Gasteiger partial charge on any atom is -0.332 e. The second-order valence-electron chi connectivity index (χ2n) is 5.11. The second kappa shape index (κ2) is 6.74. The summed E-state index contributed by atoms with van der Waals surface area (Å²) in [5.74, 6) is 0. The van der Waals surface area contributed by atoms with Crippen molar-refractivity contribution >= 4 is 28.3 Å². The number of para-hydroxylation sites is 1. The minimum atomic E-state index is -0.491. The van der Waals surface area contributed by atoms with Crippen LogP contribution < -0.4 is 10.6 Å². The topological polar surface area (TPSA) is 97.2 Å². The van der Waals surface area contributed by atoms with Crippen LogP contribution in [0.3, 0.4) is 0 Å². The summed E-state index contributed by atoms with van der Waals surface area (Å²) in [5, 5.41) is 16.9. The van der Waals surface area contributed by atoms with E-state index in [1.165, 1.54) is 24.3 Å². The van der Waals surface area contributed by atoms with Crippen molar-refractivity contribution in [2.45, 2.75) is 6.54 Å². The monoisotopic (exact) mass is 322 g/mol. The first kappa shape index (κ1) is 15.4. The number of pyridine rings is 1. The summed E-state index contributed by atoms with van der Waals surface area (Å²) in [5.41, 5.74) is 2.06. The molecule has 3 rings (SSSR count). The zero-order valence-electron chi connectivity index (χ0n) is 12.6. The van der Waals surface area contributed by atoms with Gasteiger partial charge in [-0.3, -0.25) is 15.1 Å². The van der Waals surface area contributed by atoms with E-state index in [0.29, 0.717) is 5.69 Å². The highest BCUT2D eigenvalue weighted by atomic mass is 16.6. The largest absolute Gasteiger partial charge is 0.332 e. The summed E-state index contributed by atoms with van der Waals surface area (Å²) in [6.45, 7) is 0.281. The molecule has 3 aromatic rings. The molecule has 1 heterocycles. The Bertz CT molecular complexity index is 894. The smallest absolute Gasteiger partial charge is 0.319 e. The van der Waals surface area contributed by atoms with Gasteiger partial charge < -0.3 is 10.6 Å². The summed E-state index contributed by atoms with van der Waals surface area (Å²) in [6.07, 6.45) is 0. The van der Waals surface area contributed by atoms with Crippen LogP contribution in [0.2, 0.25) is 0 Å². The summed E-state index contributed by atoms with van der Waals surface area (Å²) in [7, 11) is 0. The van der Waals surface area contributed by atoms with Gasteiger partial charge in [-0.05, 0) is 24.3 Å². The fourth-order valence-corrected chi connectivity index (χ4v) is 2.22. The fourth-order valence-electron chi connectivity index (χ4n) is 2.22. The molecule has 0 aliphatic rings. The molecule has 120 valence electrons. The average molecular weight is 322 g/mol. The lowest BCUT2D eigenvalue weighted by Crippen LogP contribution is -2.28. The summed E-state index contributed by atoms with van der Waals surface area (Å²) in [4.78, 5) is 26.4. The lowest BCUT2D eigenvalue weighted by Gasteiger charge is -2.08. The number of nitro groups is 1. The lowest BCUT2D eigenvalue weighted by atomic mass is 10.2. The molecule has 2 N–H and O–H groups in total. The molecule has 0 saturated heterocycles. The molecule has 2 aromatic carbocycles.